The van der Waals surface area contributed by atoms with Gasteiger partial charge in [-0.25, -0.2) is 5.43 Å². The third-order valence-electron chi connectivity index (χ3n) is 4.02. The molecular weight excluding hydrogens is 258 g/mol. The van der Waals surface area contributed by atoms with Gasteiger partial charge in [0.1, 0.15) is 0 Å². The first kappa shape index (κ1) is 13.7. The highest BCUT2D eigenvalue weighted by Gasteiger charge is 2.15. The van der Waals surface area contributed by atoms with Crippen molar-refractivity contribution in [2.75, 3.05) is 0 Å². The molecule has 0 amide bonds. The number of hydrogen-bond acceptors (Lipinski definition) is 3. The minimum Gasteiger partial charge on any atom is -0.271 e. The van der Waals surface area contributed by atoms with Gasteiger partial charge in [0.05, 0.1) is 11.6 Å². The van der Waals surface area contributed by atoms with Crippen molar-refractivity contribution in [3.63, 3.8) is 0 Å². The van der Waals surface area contributed by atoms with Crippen molar-refractivity contribution in [3.8, 4) is 0 Å². The molecule has 0 saturated carbocycles. The van der Waals surface area contributed by atoms with E-state index in [1.807, 2.05) is 24.4 Å². The standard InChI is InChI=1S/C18H19N3/c1-12-8-9-14(11-13(12)2)18(21-19)16-5-3-7-17-15(16)6-4-10-20-17/h3-11,18,21H,19H2,1-2H3. The summed E-state index contributed by atoms with van der Waals surface area (Å²) in [5.74, 6) is 5.85. The van der Waals surface area contributed by atoms with Gasteiger partial charge < -0.3 is 0 Å². The van der Waals surface area contributed by atoms with Crippen LogP contribution in [0.4, 0.5) is 0 Å². The van der Waals surface area contributed by atoms with Gasteiger partial charge in [0.2, 0.25) is 0 Å². The number of nitrogens with zero attached hydrogens (tertiary/aromatic N) is 1. The summed E-state index contributed by atoms with van der Waals surface area (Å²) < 4.78 is 0. The van der Waals surface area contributed by atoms with Crippen LogP contribution in [0.2, 0.25) is 0 Å². The van der Waals surface area contributed by atoms with Gasteiger partial charge in [-0.3, -0.25) is 10.8 Å². The van der Waals surface area contributed by atoms with Gasteiger partial charge in [-0.15, -0.1) is 0 Å². The number of benzene rings is 2. The van der Waals surface area contributed by atoms with Gasteiger partial charge in [-0.2, -0.15) is 0 Å². The van der Waals surface area contributed by atoms with Crippen LogP contribution in [0.25, 0.3) is 10.9 Å². The first-order valence-corrected chi connectivity index (χ1v) is 7.07. The predicted octanol–water partition coefficient (Wildman–Crippen LogP) is 3.40. The van der Waals surface area contributed by atoms with Crippen molar-refractivity contribution in [2.24, 2.45) is 5.84 Å². The molecule has 3 heteroatoms. The Bertz CT molecular complexity index is 775. The number of aromatic nitrogens is 1. The molecule has 0 fully saturated rings. The maximum atomic E-state index is 5.85. The first-order valence-electron chi connectivity index (χ1n) is 7.07. The molecule has 21 heavy (non-hydrogen) atoms. The minimum absolute atomic E-state index is 0.0443. The highest BCUT2D eigenvalue weighted by molar-refractivity contribution is 5.83. The molecule has 0 radical (unpaired) electrons. The molecule has 0 saturated heterocycles. The number of nitrogens with one attached hydrogen (secondary N) is 1. The fourth-order valence-electron chi connectivity index (χ4n) is 2.69. The molecule has 0 spiro atoms. The fourth-order valence-corrected chi connectivity index (χ4v) is 2.69. The molecule has 1 heterocycles. The van der Waals surface area contributed by atoms with E-state index in [0.29, 0.717) is 0 Å². The van der Waals surface area contributed by atoms with Crippen molar-refractivity contribution in [1.82, 2.24) is 10.4 Å². The van der Waals surface area contributed by atoms with E-state index in [9.17, 15) is 0 Å². The van der Waals surface area contributed by atoms with Crippen LogP contribution in [0.15, 0.2) is 54.7 Å². The van der Waals surface area contributed by atoms with E-state index in [4.69, 9.17) is 5.84 Å². The topological polar surface area (TPSA) is 50.9 Å². The molecule has 2 aromatic carbocycles. The van der Waals surface area contributed by atoms with Crippen LogP contribution in [0, 0.1) is 13.8 Å². The average molecular weight is 277 g/mol. The van der Waals surface area contributed by atoms with E-state index in [0.717, 1.165) is 22.0 Å². The van der Waals surface area contributed by atoms with Crippen molar-refractivity contribution in [1.29, 1.82) is 0 Å². The third-order valence-corrected chi connectivity index (χ3v) is 4.02. The molecule has 3 rings (SSSR count). The van der Waals surface area contributed by atoms with Crippen molar-refractivity contribution < 1.29 is 0 Å². The van der Waals surface area contributed by atoms with Crippen LogP contribution < -0.4 is 11.3 Å². The van der Waals surface area contributed by atoms with E-state index >= 15 is 0 Å². The van der Waals surface area contributed by atoms with Crippen LogP contribution in [0.5, 0.6) is 0 Å². The Morgan fingerprint density at radius 3 is 2.62 bits per heavy atom. The molecule has 0 aliphatic rings. The highest BCUT2D eigenvalue weighted by Crippen LogP contribution is 2.28. The van der Waals surface area contributed by atoms with Crippen molar-refractivity contribution >= 4 is 10.9 Å². The minimum atomic E-state index is -0.0443. The SMILES string of the molecule is Cc1ccc(C(NN)c2cccc3ncccc23)cc1C. The van der Waals surface area contributed by atoms with Crippen LogP contribution in [-0.4, -0.2) is 4.98 Å². The first-order chi connectivity index (χ1) is 10.2. The molecule has 1 atom stereocenters. The molecule has 3 aromatic rings. The molecule has 3 N–H and O–H groups in total. The maximum Gasteiger partial charge on any atom is 0.0716 e. The Kier molecular flexibility index (Phi) is 3.69. The second kappa shape index (κ2) is 5.64. The number of aryl methyl sites for hydroxylation is 2. The zero-order valence-corrected chi connectivity index (χ0v) is 12.3. The Morgan fingerprint density at radius 2 is 1.86 bits per heavy atom. The van der Waals surface area contributed by atoms with Crippen LogP contribution in [0.3, 0.4) is 0 Å². The molecule has 0 aliphatic carbocycles. The van der Waals surface area contributed by atoms with Gasteiger partial charge in [-0.1, -0.05) is 36.4 Å². The molecule has 0 aliphatic heterocycles. The van der Waals surface area contributed by atoms with Gasteiger partial charge in [0.25, 0.3) is 0 Å². The second-order valence-corrected chi connectivity index (χ2v) is 5.36. The smallest absolute Gasteiger partial charge is 0.0716 e. The molecular formula is C18H19N3. The molecule has 0 bridgehead atoms. The lowest BCUT2D eigenvalue weighted by atomic mass is 9.93. The van der Waals surface area contributed by atoms with Crippen LogP contribution >= 0.6 is 0 Å². The lowest BCUT2D eigenvalue weighted by Crippen LogP contribution is -2.29. The molecule has 1 aromatic heterocycles. The van der Waals surface area contributed by atoms with Gasteiger partial charge >= 0.3 is 0 Å². The zero-order valence-electron chi connectivity index (χ0n) is 12.3. The largest absolute Gasteiger partial charge is 0.271 e. The number of rotatable bonds is 3. The molecule has 3 nitrogen and oxygen atoms in total. The summed E-state index contributed by atoms with van der Waals surface area (Å²) in [6, 6.07) is 16.6. The van der Waals surface area contributed by atoms with E-state index in [2.05, 4.69) is 54.6 Å². The quantitative estimate of drug-likeness (QED) is 0.570. The summed E-state index contributed by atoms with van der Waals surface area (Å²) in [7, 11) is 0. The number of pyridine rings is 1. The van der Waals surface area contributed by atoms with Gasteiger partial charge in [0.15, 0.2) is 0 Å². The van der Waals surface area contributed by atoms with E-state index in [1.165, 1.54) is 11.1 Å². The van der Waals surface area contributed by atoms with E-state index in [1.54, 1.807) is 0 Å². The summed E-state index contributed by atoms with van der Waals surface area (Å²) in [4.78, 5) is 4.42. The average Bonchev–Trinajstić information content (AvgIpc) is 2.52. The molecule has 1 unspecified atom stereocenters. The maximum absolute atomic E-state index is 5.85. The van der Waals surface area contributed by atoms with E-state index in [-0.39, 0.29) is 6.04 Å². The molecule has 106 valence electrons. The van der Waals surface area contributed by atoms with Crippen LogP contribution in [0.1, 0.15) is 28.3 Å². The third kappa shape index (κ3) is 2.53. The van der Waals surface area contributed by atoms with Gasteiger partial charge in [0, 0.05) is 11.6 Å². The Labute approximate surface area is 124 Å². The zero-order chi connectivity index (χ0) is 14.8. The fraction of sp³-hybridized carbons (Fsp3) is 0.167. The highest BCUT2D eigenvalue weighted by atomic mass is 15.2. The summed E-state index contributed by atoms with van der Waals surface area (Å²) in [6.45, 7) is 4.24. The number of hydrogen-bond donors (Lipinski definition) is 2. The Morgan fingerprint density at radius 1 is 1.00 bits per heavy atom. The van der Waals surface area contributed by atoms with Crippen molar-refractivity contribution in [3.05, 3.63) is 77.0 Å². The Hall–Kier alpha value is -2.23. The Balaban J connectivity index is 2.16. The summed E-state index contributed by atoms with van der Waals surface area (Å²) >= 11 is 0. The predicted molar refractivity (Wildman–Crippen MR) is 86.8 cm³/mol. The van der Waals surface area contributed by atoms with Gasteiger partial charge in [-0.05, 0) is 48.2 Å². The number of nitrogens with two attached hydrogens (primary N) is 1. The van der Waals surface area contributed by atoms with E-state index < -0.39 is 0 Å². The summed E-state index contributed by atoms with van der Waals surface area (Å²) in [5, 5.41) is 1.13. The lowest BCUT2D eigenvalue weighted by Gasteiger charge is -2.19. The normalized spacial score (nSPS) is 12.5. The summed E-state index contributed by atoms with van der Waals surface area (Å²) in [6.07, 6.45) is 1.81. The monoisotopic (exact) mass is 277 g/mol. The van der Waals surface area contributed by atoms with Crippen molar-refractivity contribution in [2.45, 2.75) is 19.9 Å². The summed E-state index contributed by atoms with van der Waals surface area (Å²) in [5.41, 5.74) is 8.80. The number of fused-ring (bicyclic) bond motifs is 1. The van der Waals surface area contributed by atoms with Crippen LogP contribution in [-0.2, 0) is 0 Å². The lowest BCUT2D eigenvalue weighted by molar-refractivity contribution is 0.640. The second-order valence-electron chi connectivity index (χ2n) is 5.36. The number of hydrazine groups is 1.